The van der Waals surface area contributed by atoms with Crippen molar-refractivity contribution < 1.29 is 8.42 Å². The normalized spacial score (nSPS) is 20.8. The van der Waals surface area contributed by atoms with Gasteiger partial charge in [0.1, 0.15) is 10.7 Å². The fourth-order valence-electron chi connectivity index (χ4n) is 2.17. The first-order valence-electron chi connectivity index (χ1n) is 6.41. The van der Waals surface area contributed by atoms with E-state index in [0.29, 0.717) is 25.5 Å². The van der Waals surface area contributed by atoms with Crippen LogP contribution in [0.1, 0.15) is 13.8 Å². The quantitative estimate of drug-likeness (QED) is 0.607. The third-order valence-corrected chi connectivity index (χ3v) is 5.63. The number of piperazine rings is 1. The van der Waals surface area contributed by atoms with Crippen LogP contribution in [0.25, 0.3) is 0 Å². The molecule has 0 spiro atoms. The van der Waals surface area contributed by atoms with Crippen molar-refractivity contribution in [2.75, 3.05) is 32.1 Å². The Kier molecular flexibility index (Phi) is 4.01. The van der Waals surface area contributed by atoms with Crippen molar-refractivity contribution in [1.82, 2.24) is 14.2 Å². The average molecular weight is 299 g/mol. The van der Waals surface area contributed by atoms with Crippen molar-refractivity contribution in [2.24, 2.45) is 5.84 Å². The fourth-order valence-corrected chi connectivity index (χ4v) is 3.70. The van der Waals surface area contributed by atoms with Gasteiger partial charge in [-0.15, -0.1) is 0 Å². The van der Waals surface area contributed by atoms with Crippen LogP contribution in [0, 0.1) is 0 Å². The van der Waals surface area contributed by atoms with E-state index in [-0.39, 0.29) is 10.4 Å². The molecule has 1 saturated heterocycles. The van der Waals surface area contributed by atoms with Crippen LogP contribution in [0.2, 0.25) is 0 Å². The number of anilines is 1. The van der Waals surface area contributed by atoms with Gasteiger partial charge in [0, 0.05) is 31.4 Å². The third-order valence-electron chi connectivity index (χ3n) is 3.80. The smallest absolute Gasteiger partial charge is 0.244 e. The van der Waals surface area contributed by atoms with E-state index in [2.05, 4.69) is 15.3 Å². The molecule has 3 N–H and O–H groups in total. The molecule has 0 unspecified atom stereocenters. The molecule has 2 rings (SSSR count). The van der Waals surface area contributed by atoms with Crippen LogP contribution in [-0.4, -0.2) is 54.8 Å². The van der Waals surface area contributed by atoms with Crippen LogP contribution in [0.15, 0.2) is 23.2 Å². The number of hydrazine groups is 1. The number of pyridine rings is 1. The molecule has 112 valence electrons. The second-order valence-electron chi connectivity index (χ2n) is 5.60. The highest BCUT2D eigenvalue weighted by molar-refractivity contribution is 7.89. The summed E-state index contributed by atoms with van der Waals surface area (Å²) in [6.45, 7) is 5.73. The lowest BCUT2D eigenvalue weighted by molar-refractivity contribution is 0.0801. The van der Waals surface area contributed by atoms with Crippen LogP contribution in [-0.2, 0) is 10.0 Å². The first-order valence-corrected chi connectivity index (χ1v) is 7.85. The maximum absolute atomic E-state index is 12.6. The lowest BCUT2D eigenvalue weighted by atomic mass is 10.0. The number of nitrogen functional groups attached to an aromatic ring is 1. The molecule has 1 aromatic rings. The number of hydrogen-bond acceptors (Lipinski definition) is 6. The molecule has 0 amide bonds. The van der Waals surface area contributed by atoms with Gasteiger partial charge >= 0.3 is 0 Å². The zero-order valence-corrected chi connectivity index (χ0v) is 12.8. The maximum Gasteiger partial charge on any atom is 0.244 e. The van der Waals surface area contributed by atoms with Gasteiger partial charge in [-0.3, -0.25) is 4.90 Å². The largest absolute Gasteiger partial charge is 0.308 e. The van der Waals surface area contributed by atoms with Crippen LogP contribution in [0.3, 0.4) is 0 Å². The van der Waals surface area contributed by atoms with E-state index in [1.165, 1.54) is 16.6 Å². The average Bonchev–Trinajstić information content (AvgIpc) is 2.41. The number of nitrogens with two attached hydrogens (primary N) is 1. The lowest BCUT2D eigenvalue weighted by Crippen LogP contribution is -2.58. The summed E-state index contributed by atoms with van der Waals surface area (Å²) in [7, 11) is -1.50. The Morgan fingerprint density at radius 1 is 1.35 bits per heavy atom. The molecule has 0 atom stereocenters. The van der Waals surface area contributed by atoms with Crippen molar-refractivity contribution in [1.29, 1.82) is 0 Å². The first kappa shape index (κ1) is 15.2. The summed E-state index contributed by atoms with van der Waals surface area (Å²) >= 11 is 0. The Hall–Kier alpha value is -1.22. The Balaban J connectivity index is 2.26. The number of likely N-dealkylation sites (N-methyl/N-ethyl adjacent to an activating group) is 1. The Morgan fingerprint density at radius 3 is 2.55 bits per heavy atom. The lowest BCUT2D eigenvalue weighted by Gasteiger charge is -2.44. The SMILES string of the molecule is CN1CCN(S(=O)(=O)c2ccc(NN)nc2)CC1(C)C. The number of hydrogen-bond donors (Lipinski definition) is 2. The van der Waals surface area contributed by atoms with Gasteiger partial charge in [0.05, 0.1) is 0 Å². The monoisotopic (exact) mass is 299 g/mol. The third kappa shape index (κ3) is 2.78. The Morgan fingerprint density at radius 2 is 2.05 bits per heavy atom. The number of rotatable bonds is 3. The molecule has 8 heteroatoms. The predicted molar refractivity (Wildman–Crippen MR) is 77.5 cm³/mol. The van der Waals surface area contributed by atoms with E-state index >= 15 is 0 Å². The minimum Gasteiger partial charge on any atom is -0.308 e. The van der Waals surface area contributed by atoms with E-state index in [4.69, 9.17) is 5.84 Å². The van der Waals surface area contributed by atoms with E-state index in [9.17, 15) is 8.42 Å². The molecule has 1 aromatic heterocycles. The molecule has 1 fully saturated rings. The molecule has 0 saturated carbocycles. The molecule has 1 aliphatic heterocycles. The molecule has 1 aliphatic rings. The van der Waals surface area contributed by atoms with Crippen LogP contribution >= 0.6 is 0 Å². The van der Waals surface area contributed by atoms with Crippen LogP contribution < -0.4 is 11.3 Å². The van der Waals surface area contributed by atoms with Gasteiger partial charge in [0.15, 0.2) is 0 Å². The summed E-state index contributed by atoms with van der Waals surface area (Å²) in [5.41, 5.74) is 2.19. The molecule has 0 bridgehead atoms. The zero-order valence-electron chi connectivity index (χ0n) is 12.0. The van der Waals surface area contributed by atoms with Crippen molar-refractivity contribution in [2.45, 2.75) is 24.3 Å². The molecular formula is C12H21N5O2S. The van der Waals surface area contributed by atoms with E-state index in [1.54, 1.807) is 6.07 Å². The van der Waals surface area contributed by atoms with Crippen molar-refractivity contribution in [3.63, 3.8) is 0 Å². The van der Waals surface area contributed by atoms with E-state index < -0.39 is 10.0 Å². The first-order chi connectivity index (χ1) is 9.27. The number of aromatic nitrogens is 1. The van der Waals surface area contributed by atoms with Gasteiger partial charge < -0.3 is 5.43 Å². The highest BCUT2D eigenvalue weighted by atomic mass is 32.2. The number of nitrogens with zero attached hydrogens (tertiary/aromatic N) is 3. The van der Waals surface area contributed by atoms with Crippen LogP contribution in [0.5, 0.6) is 0 Å². The zero-order chi connectivity index (χ0) is 15.0. The number of nitrogens with one attached hydrogen (secondary N) is 1. The summed E-state index contributed by atoms with van der Waals surface area (Å²) < 4.78 is 26.7. The predicted octanol–water partition coefficient (Wildman–Crippen LogP) is 0.0819. The van der Waals surface area contributed by atoms with Gasteiger partial charge in [-0.1, -0.05) is 0 Å². The topological polar surface area (TPSA) is 91.6 Å². The van der Waals surface area contributed by atoms with Crippen molar-refractivity contribution in [3.05, 3.63) is 18.3 Å². The highest BCUT2D eigenvalue weighted by Crippen LogP contribution is 2.24. The molecule has 7 nitrogen and oxygen atoms in total. The molecule has 0 aliphatic carbocycles. The summed E-state index contributed by atoms with van der Waals surface area (Å²) in [5, 5.41) is 0. The summed E-state index contributed by atoms with van der Waals surface area (Å²) in [5.74, 6) is 5.66. The van der Waals surface area contributed by atoms with Gasteiger partial charge in [0.2, 0.25) is 10.0 Å². The molecule has 0 radical (unpaired) electrons. The summed E-state index contributed by atoms with van der Waals surface area (Å²) in [4.78, 5) is 6.31. The van der Waals surface area contributed by atoms with E-state index in [1.807, 2.05) is 20.9 Å². The second-order valence-corrected chi connectivity index (χ2v) is 7.53. The summed E-state index contributed by atoms with van der Waals surface area (Å²) in [6.07, 6.45) is 1.33. The van der Waals surface area contributed by atoms with Crippen molar-refractivity contribution in [3.8, 4) is 0 Å². The fraction of sp³-hybridized carbons (Fsp3) is 0.583. The maximum atomic E-state index is 12.6. The summed E-state index contributed by atoms with van der Waals surface area (Å²) in [6, 6.07) is 3.07. The van der Waals surface area contributed by atoms with Crippen LogP contribution in [0.4, 0.5) is 5.82 Å². The highest BCUT2D eigenvalue weighted by Gasteiger charge is 2.37. The van der Waals surface area contributed by atoms with Gasteiger partial charge in [-0.05, 0) is 33.0 Å². The minimum atomic E-state index is -3.51. The van der Waals surface area contributed by atoms with Crippen molar-refractivity contribution >= 4 is 15.8 Å². The second kappa shape index (κ2) is 5.28. The Bertz CT molecular complexity index is 570. The minimum absolute atomic E-state index is 0.183. The van der Waals surface area contributed by atoms with E-state index in [0.717, 1.165) is 0 Å². The Labute approximate surface area is 119 Å². The molecule has 20 heavy (non-hydrogen) atoms. The standard InChI is InChI=1S/C12H21N5O2S/c1-12(2)9-17(7-6-16(12)3)20(18,19)10-4-5-11(15-13)14-8-10/h4-5,8H,6-7,9,13H2,1-3H3,(H,14,15). The molecule has 2 heterocycles. The molecule has 0 aromatic carbocycles. The van der Waals surface area contributed by atoms with Gasteiger partial charge in [-0.25, -0.2) is 19.2 Å². The number of sulfonamides is 1. The van der Waals surface area contributed by atoms with Gasteiger partial charge in [0.25, 0.3) is 0 Å². The molecular weight excluding hydrogens is 278 g/mol. The van der Waals surface area contributed by atoms with Gasteiger partial charge in [-0.2, -0.15) is 4.31 Å².